The van der Waals surface area contributed by atoms with Gasteiger partial charge < -0.3 is 10.6 Å². The van der Waals surface area contributed by atoms with Crippen LogP contribution in [-0.4, -0.2) is 16.3 Å². The molecule has 2 aromatic rings. The van der Waals surface area contributed by atoms with Gasteiger partial charge in [-0.15, -0.1) is 0 Å². The van der Waals surface area contributed by atoms with Gasteiger partial charge in [0.1, 0.15) is 0 Å². The molecule has 2 rings (SSSR count). The molecule has 0 fully saturated rings. The van der Waals surface area contributed by atoms with Crippen LogP contribution < -0.4 is 10.6 Å². The Hall–Kier alpha value is -1.97. The minimum absolute atomic E-state index is 0.801. The quantitative estimate of drug-likeness (QED) is 0.822. The maximum Gasteiger partial charge on any atom is 0.0539 e. The number of anilines is 2. The fourth-order valence-corrected chi connectivity index (χ4v) is 1.99. The van der Waals surface area contributed by atoms with Crippen LogP contribution in [0.5, 0.6) is 0 Å². The number of nitrogen functional groups attached to an aromatic ring is 1. The maximum absolute atomic E-state index is 5.83. The van der Waals surface area contributed by atoms with E-state index in [0.717, 1.165) is 31.0 Å². The molecule has 0 saturated carbocycles. The van der Waals surface area contributed by atoms with Gasteiger partial charge in [0.15, 0.2) is 0 Å². The van der Waals surface area contributed by atoms with Crippen LogP contribution in [0.2, 0.25) is 0 Å². The summed E-state index contributed by atoms with van der Waals surface area (Å²) in [7, 11) is 0. The highest BCUT2D eigenvalue weighted by molar-refractivity contribution is 5.56. The van der Waals surface area contributed by atoms with Crippen molar-refractivity contribution >= 4 is 11.4 Å². The van der Waals surface area contributed by atoms with Crippen LogP contribution in [0.3, 0.4) is 0 Å². The van der Waals surface area contributed by atoms with Crippen LogP contribution in [0.1, 0.15) is 19.4 Å². The van der Waals surface area contributed by atoms with Crippen molar-refractivity contribution in [1.82, 2.24) is 9.78 Å². The van der Waals surface area contributed by atoms with E-state index >= 15 is 0 Å². The van der Waals surface area contributed by atoms with Gasteiger partial charge in [0.2, 0.25) is 0 Å². The molecular formula is C14H20N4. The zero-order chi connectivity index (χ0) is 13.0. The first-order chi connectivity index (χ1) is 8.72. The number of hydrogen-bond acceptors (Lipinski definition) is 3. The number of benzene rings is 1. The van der Waals surface area contributed by atoms with Crippen molar-refractivity contribution in [3.63, 3.8) is 0 Å². The smallest absolute Gasteiger partial charge is 0.0539 e. The van der Waals surface area contributed by atoms with Crippen LogP contribution in [0, 0.1) is 0 Å². The Balaban J connectivity index is 2.14. The van der Waals surface area contributed by atoms with E-state index in [9.17, 15) is 0 Å². The van der Waals surface area contributed by atoms with Gasteiger partial charge in [0.25, 0.3) is 0 Å². The van der Waals surface area contributed by atoms with Gasteiger partial charge in [-0.1, -0.05) is 6.07 Å². The molecule has 0 amide bonds. The van der Waals surface area contributed by atoms with Crippen LogP contribution in [0.15, 0.2) is 36.7 Å². The third kappa shape index (κ3) is 2.83. The van der Waals surface area contributed by atoms with E-state index < -0.39 is 0 Å². The monoisotopic (exact) mass is 244 g/mol. The lowest BCUT2D eigenvalue weighted by Gasteiger charge is -2.22. The second-order valence-corrected chi connectivity index (χ2v) is 4.31. The molecule has 0 aliphatic rings. The fourth-order valence-electron chi connectivity index (χ4n) is 1.99. The molecule has 0 aliphatic carbocycles. The number of aryl methyl sites for hydroxylation is 1. The molecular weight excluding hydrogens is 224 g/mol. The highest BCUT2D eigenvalue weighted by Gasteiger charge is 2.07. The van der Waals surface area contributed by atoms with Gasteiger partial charge in [0.05, 0.1) is 6.20 Å². The highest BCUT2D eigenvalue weighted by Crippen LogP contribution is 2.19. The first kappa shape index (κ1) is 12.5. The Morgan fingerprint density at radius 3 is 2.78 bits per heavy atom. The summed E-state index contributed by atoms with van der Waals surface area (Å²) >= 11 is 0. The molecule has 0 radical (unpaired) electrons. The Labute approximate surface area is 108 Å². The Morgan fingerprint density at radius 2 is 2.17 bits per heavy atom. The van der Waals surface area contributed by atoms with Gasteiger partial charge in [-0.3, -0.25) is 4.68 Å². The van der Waals surface area contributed by atoms with E-state index in [0.29, 0.717) is 0 Å². The molecule has 0 aliphatic heterocycles. The summed E-state index contributed by atoms with van der Waals surface area (Å²) in [5.41, 5.74) is 9.01. The van der Waals surface area contributed by atoms with Gasteiger partial charge in [-0.25, -0.2) is 0 Å². The predicted octanol–water partition coefficient (Wildman–Crippen LogP) is 2.51. The van der Waals surface area contributed by atoms with E-state index in [1.54, 1.807) is 0 Å². The number of rotatable bonds is 5. The Kier molecular flexibility index (Phi) is 3.87. The van der Waals surface area contributed by atoms with Crippen molar-refractivity contribution in [2.24, 2.45) is 0 Å². The van der Waals surface area contributed by atoms with Gasteiger partial charge in [0, 0.05) is 42.8 Å². The second kappa shape index (κ2) is 5.58. The molecule has 1 heterocycles. The van der Waals surface area contributed by atoms with E-state index in [2.05, 4.69) is 36.1 Å². The minimum Gasteiger partial charge on any atom is -0.399 e. The SMILES string of the molecule is CCN(Cc1cnn(CC)c1)c1cccc(N)c1. The van der Waals surface area contributed by atoms with Gasteiger partial charge in [-0.05, 0) is 32.0 Å². The Morgan fingerprint density at radius 1 is 1.33 bits per heavy atom. The molecule has 2 N–H and O–H groups in total. The summed E-state index contributed by atoms with van der Waals surface area (Å²) in [6.07, 6.45) is 4.02. The molecule has 0 bridgehead atoms. The summed E-state index contributed by atoms with van der Waals surface area (Å²) < 4.78 is 1.95. The fraction of sp³-hybridized carbons (Fsp3) is 0.357. The Bertz CT molecular complexity index is 504. The van der Waals surface area contributed by atoms with Crippen LogP contribution in [0.4, 0.5) is 11.4 Å². The van der Waals surface area contributed by atoms with E-state index in [1.165, 1.54) is 5.56 Å². The average Bonchev–Trinajstić information content (AvgIpc) is 2.83. The van der Waals surface area contributed by atoms with Crippen LogP contribution in [0.25, 0.3) is 0 Å². The molecule has 0 unspecified atom stereocenters. The van der Waals surface area contributed by atoms with Crippen molar-refractivity contribution < 1.29 is 0 Å². The van der Waals surface area contributed by atoms with E-state index in [-0.39, 0.29) is 0 Å². The largest absolute Gasteiger partial charge is 0.399 e. The number of aromatic nitrogens is 2. The average molecular weight is 244 g/mol. The predicted molar refractivity (Wildman–Crippen MR) is 75.5 cm³/mol. The van der Waals surface area contributed by atoms with Crippen LogP contribution in [-0.2, 0) is 13.1 Å². The lowest BCUT2D eigenvalue weighted by atomic mass is 10.2. The molecule has 0 spiro atoms. The van der Waals surface area contributed by atoms with Gasteiger partial charge >= 0.3 is 0 Å². The highest BCUT2D eigenvalue weighted by atomic mass is 15.3. The summed E-state index contributed by atoms with van der Waals surface area (Å²) in [5, 5.41) is 4.30. The van der Waals surface area contributed by atoms with Gasteiger partial charge in [-0.2, -0.15) is 5.10 Å². The zero-order valence-electron chi connectivity index (χ0n) is 11.0. The first-order valence-electron chi connectivity index (χ1n) is 6.34. The van der Waals surface area contributed by atoms with E-state index in [1.807, 2.05) is 29.1 Å². The summed E-state index contributed by atoms with van der Waals surface area (Å²) in [6, 6.07) is 7.99. The number of nitrogens with two attached hydrogens (primary N) is 1. The summed E-state index contributed by atoms with van der Waals surface area (Å²) in [6.45, 7) is 6.95. The van der Waals surface area contributed by atoms with E-state index in [4.69, 9.17) is 5.73 Å². The molecule has 18 heavy (non-hydrogen) atoms. The first-order valence-corrected chi connectivity index (χ1v) is 6.34. The van der Waals surface area contributed by atoms with Crippen molar-refractivity contribution in [3.05, 3.63) is 42.2 Å². The molecule has 1 aromatic heterocycles. The lowest BCUT2D eigenvalue weighted by molar-refractivity contribution is 0.659. The normalized spacial score (nSPS) is 10.6. The molecule has 96 valence electrons. The number of nitrogens with zero attached hydrogens (tertiary/aromatic N) is 3. The molecule has 1 aromatic carbocycles. The summed E-state index contributed by atoms with van der Waals surface area (Å²) in [4.78, 5) is 2.29. The maximum atomic E-state index is 5.83. The third-order valence-electron chi connectivity index (χ3n) is 3.00. The standard InChI is InChI=1S/C14H20N4/c1-3-17(14-7-5-6-13(15)8-14)10-12-9-16-18(4-2)11-12/h5-9,11H,3-4,10,15H2,1-2H3. The van der Waals surface area contributed by atoms with Crippen LogP contribution >= 0.6 is 0 Å². The van der Waals surface area contributed by atoms with Crippen molar-refractivity contribution in [1.29, 1.82) is 0 Å². The summed E-state index contributed by atoms with van der Waals surface area (Å²) in [5.74, 6) is 0. The van der Waals surface area contributed by atoms with Crippen molar-refractivity contribution in [2.45, 2.75) is 26.9 Å². The lowest BCUT2D eigenvalue weighted by Crippen LogP contribution is -2.21. The molecule has 0 atom stereocenters. The zero-order valence-corrected chi connectivity index (χ0v) is 11.0. The second-order valence-electron chi connectivity index (χ2n) is 4.31. The van der Waals surface area contributed by atoms with Crippen molar-refractivity contribution in [3.8, 4) is 0 Å². The van der Waals surface area contributed by atoms with Crippen molar-refractivity contribution in [2.75, 3.05) is 17.2 Å². The molecule has 0 saturated heterocycles. The number of hydrogen-bond donors (Lipinski definition) is 1. The minimum atomic E-state index is 0.801. The molecule has 4 nitrogen and oxygen atoms in total. The topological polar surface area (TPSA) is 47.1 Å². The third-order valence-corrected chi connectivity index (χ3v) is 3.00. The molecule has 4 heteroatoms.